The van der Waals surface area contributed by atoms with Crippen LogP contribution in [0.3, 0.4) is 0 Å². The first-order valence-corrected chi connectivity index (χ1v) is 11.7. The van der Waals surface area contributed by atoms with Crippen LogP contribution in [-0.2, 0) is 21.8 Å². The highest BCUT2D eigenvalue weighted by molar-refractivity contribution is 7.89. The van der Waals surface area contributed by atoms with Crippen molar-refractivity contribution in [1.82, 2.24) is 8.87 Å². The van der Waals surface area contributed by atoms with Crippen LogP contribution in [0.2, 0.25) is 0 Å². The summed E-state index contributed by atoms with van der Waals surface area (Å²) in [5.41, 5.74) is 1.73. The van der Waals surface area contributed by atoms with E-state index in [1.54, 1.807) is 50.6 Å². The predicted molar refractivity (Wildman–Crippen MR) is 120 cm³/mol. The number of nitrogens with zero attached hydrogens (tertiary/aromatic N) is 2. The topological polar surface area (TPSA) is 85.7 Å². The molecule has 170 valence electrons. The molecule has 0 N–H and O–H groups in total. The maximum Gasteiger partial charge on any atom is 0.354 e. The number of ketones is 1. The fraction of sp³-hybridized carbons (Fsp3) is 0.478. The molecule has 1 atom stereocenters. The number of esters is 1. The Kier molecular flexibility index (Phi) is 7.83. The summed E-state index contributed by atoms with van der Waals surface area (Å²) in [6, 6.07) is 7.19. The second-order valence-electron chi connectivity index (χ2n) is 8.14. The molecule has 2 rings (SSSR count). The Hall–Kier alpha value is -2.45. The van der Waals surface area contributed by atoms with Gasteiger partial charge < -0.3 is 9.30 Å². The lowest BCUT2D eigenvalue weighted by Gasteiger charge is -2.28. The molecule has 2 aromatic rings. The lowest BCUT2D eigenvalue weighted by molar-refractivity contribution is 0.0588. The summed E-state index contributed by atoms with van der Waals surface area (Å²) in [6.45, 7) is 9.26. The van der Waals surface area contributed by atoms with Gasteiger partial charge in [-0.2, -0.15) is 4.31 Å². The molecule has 31 heavy (non-hydrogen) atoms. The largest absolute Gasteiger partial charge is 0.464 e. The van der Waals surface area contributed by atoms with E-state index in [2.05, 4.69) is 0 Å². The van der Waals surface area contributed by atoms with Gasteiger partial charge in [0.2, 0.25) is 10.0 Å². The molecule has 0 radical (unpaired) electrons. The minimum atomic E-state index is -3.88. The number of sulfonamides is 1. The first-order valence-electron chi connectivity index (χ1n) is 10.3. The number of rotatable bonds is 9. The molecule has 0 saturated carbocycles. The second-order valence-corrected chi connectivity index (χ2v) is 10.0. The summed E-state index contributed by atoms with van der Waals surface area (Å²) in [5, 5.41) is 0. The Morgan fingerprint density at radius 1 is 1.10 bits per heavy atom. The van der Waals surface area contributed by atoms with E-state index >= 15 is 0 Å². The van der Waals surface area contributed by atoms with E-state index in [1.807, 2.05) is 13.8 Å². The molecule has 0 bridgehead atoms. The van der Waals surface area contributed by atoms with Crippen LogP contribution in [0.5, 0.6) is 0 Å². The van der Waals surface area contributed by atoms with Crippen LogP contribution in [0.4, 0.5) is 0 Å². The molecule has 0 aliphatic rings. The van der Waals surface area contributed by atoms with Crippen LogP contribution >= 0.6 is 0 Å². The normalized spacial score (nSPS) is 12.9. The van der Waals surface area contributed by atoms with Gasteiger partial charge in [-0.3, -0.25) is 4.79 Å². The highest BCUT2D eigenvalue weighted by atomic mass is 32.2. The number of ether oxygens (including phenoxy) is 1. The second kappa shape index (κ2) is 9.78. The van der Waals surface area contributed by atoms with Crippen LogP contribution in [0.1, 0.15) is 59.3 Å². The number of methoxy groups -OCH3 is 1. The van der Waals surface area contributed by atoms with Crippen LogP contribution in [-0.4, -0.2) is 48.7 Å². The third-order valence-electron chi connectivity index (χ3n) is 5.64. The Morgan fingerprint density at radius 3 is 2.19 bits per heavy atom. The fourth-order valence-corrected chi connectivity index (χ4v) is 5.33. The molecule has 0 amide bonds. The van der Waals surface area contributed by atoms with Crippen molar-refractivity contribution in [1.29, 1.82) is 0 Å². The van der Waals surface area contributed by atoms with Gasteiger partial charge in [0.15, 0.2) is 5.78 Å². The van der Waals surface area contributed by atoms with Crippen molar-refractivity contribution in [2.24, 2.45) is 13.0 Å². The average Bonchev–Trinajstić information content (AvgIpc) is 2.95. The third kappa shape index (κ3) is 4.91. The summed E-state index contributed by atoms with van der Waals surface area (Å²) >= 11 is 0. The number of carbonyl (C=O) groups excluding carboxylic acids is 2. The summed E-state index contributed by atoms with van der Waals surface area (Å²) < 4.78 is 34.6. The van der Waals surface area contributed by atoms with Crippen molar-refractivity contribution in [3.63, 3.8) is 0 Å². The van der Waals surface area contributed by atoms with Gasteiger partial charge in [-0.15, -0.1) is 0 Å². The maximum atomic E-state index is 13.6. The summed E-state index contributed by atoms with van der Waals surface area (Å²) in [4.78, 5) is 25.9. The fourth-order valence-electron chi connectivity index (χ4n) is 3.70. The molecule has 1 heterocycles. The Bertz CT molecular complexity index is 1060. The molecule has 0 aliphatic carbocycles. The number of aromatic nitrogens is 1. The monoisotopic (exact) mass is 448 g/mol. The number of hydrogen-bond donors (Lipinski definition) is 0. The highest BCUT2D eigenvalue weighted by Gasteiger charge is 2.36. The van der Waals surface area contributed by atoms with Crippen molar-refractivity contribution < 1.29 is 22.7 Å². The molecular formula is C23H32N2O5S. The van der Waals surface area contributed by atoms with Crippen molar-refractivity contribution in [2.45, 2.75) is 52.0 Å². The van der Waals surface area contributed by atoms with E-state index in [0.29, 0.717) is 23.2 Å². The van der Waals surface area contributed by atoms with Crippen LogP contribution in [0.25, 0.3) is 0 Å². The van der Waals surface area contributed by atoms with Gasteiger partial charge in [-0.25, -0.2) is 13.2 Å². The van der Waals surface area contributed by atoms with E-state index in [-0.39, 0.29) is 28.8 Å². The van der Waals surface area contributed by atoms with E-state index < -0.39 is 22.0 Å². The van der Waals surface area contributed by atoms with Crippen LogP contribution in [0.15, 0.2) is 35.2 Å². The van der Waals surface area contributed by atoms with Gasteiger partial charge in [0.25, 0.3) is 0 Å². The summed E-state index contributed by atoms with van der Waals surface area (Å²) in [6.07, 6.45) is 0.615. The van der Waals surface area contributed by atoms with Crippen molar-refractivity contribution >= 4 is 21.8 Å². The van der Waals surface area contributed by atoms with Gasteiger partial charge in [0.1, 0.15) is 5.69 Å². The van der Waals surface area contributed by atoms with Gasteiger partial charge in [-0.1, -0.05) is 32.0 Å². The zero-order chi connectivity index (χ0) is 23.5. The van der Waals surface area contributed by atoms with Crippen molar-refractivity contribution in [3.05, 3.63) is 52.8 Å². The molecule has 0 spiro atoms. The molecular weight excluding hydrogens is 416 g/mol. The molecule has 1 aromatic heterocycles. The van der Waals surface area contributed by atoms with Gasteiger partial charge >= 0.3 is 5.97 Å². The lowest BCUT2D eigenvalue weighted by atomic mass is 10.0. The molecule has 1 aromatic carbocycles. The van der Waals surface area contributed by atoms with E-state index in [0.717, 1.165) is 0 Å². The van der Waals surface area contributed by atoms with Crippen molar-refractivity contribution in [2.75, 3.05) is 13.7 Å². The number of benzene rings is 1. The van der Waals surface area contributed by atoms with E-state index in [1.165, 1.54) is 23.5 Å². The SMILES string of the molecule is COC(=O)c1c(C)c(C(=O)C(C)N(CCC(C)C)S(=O)(=O)c2ccccc2)c(C)n1C. The first-order chi connectivity index (χ1) is 14.4. The Labute approximate surface area is 185 Å². The van der Waals surface area contributed by atoms with Crippen LogP contribution < -0.4 is 0 Å². The Morgan fingerprint density at radius 2 is 1.68 bits per heavy atom. The predicted octanol–water partition coefficient (Wildman–Crippen LogP) is 3.74. The number of carbonyl (C=O) groups is 2. The molecule has 0 saturated heterocycles. The average molecular weight is 449 g/mol. The molecule has 1 unspecified atom stereocenters. The van der Waals surface area contributed by atoms with E-state index in [4.69, 9.17) is 4.74 Å². The summed E-state index contributed by atoms with van der Waals surface area (Å²) in [7, 11) is -0.911. The molecule has 0 fully saturated rings. The van der Waals surface area contributed by atoms with Crippen LogP contribution in [0, 0.1) is 19.8 Å². The summed E-state index contributed by atoms with van der Waals surface area (Å²) in [5.74, 6) is -0.616. The molecule has 8 heteroatoms. The zero-order valence-electron chi connectivity index (χ0n) is 19.3. The highest BCUT2D eigenvalue weighted by Crippen LogP contribution is 2.27. The van der Waals surface area contributed by atoms with Gasteiger partial charge in [0.05, 0.1) is 18.0 Å². The molecule has 7 nitrogen and oxygen atoms in total. The van der Waals surface area contributed by atoms with Gasteiger partial charge in [0, 0.05) is 24.8 Å². The lowest BCUT2D eigenvalue weighted by Crippen LogP contribution is -2.44. The van der Waals surface area contributed by atoms with Gasteiger partial charge in [-0.05, 0) is 50.8 Å². The molecule has 0 aliphatic heterocycles. The first kappa shape index (κ1) is 24.8. The smallest absolute Gasteiger partial charge is 0.354 e. The standard InChI is InChI=1S/C23H32N2O5S/c1-15(2)13-14-25(31(28,29)19-11-9-8-10-12-19)18(5)22(26)20-16(3)21(23(27)30-7)24(6)17(20)4/h8-12,15,18H,13-14H2,1-7H3. The third-order valence-corrected chi connectivity index (χ3v) is 7.63. The van der Waals surface area contributed by atoms with E-state index in [9.17, 15) is 18.0 Å². The van der Waals surface area contributed by atoms with Crippen molar-refractivity contribution in [3.8, 4) is 0 Å². The Balaban J connectivity index is 2.54. The maximum absolute atomic E-state index is 13.6. The minimum absolute atomic E-state index is 0.148. The quantitative estimate of drug-likeness (QED) is 0.431. The number of hydrogen-bond acceptors (Lipinski definition) is 5. The minimum Gasteiger partial charge on any atom is -0.464 e. The number of Topliss-reactive ketones (excluding diaryl/α,β-unsaturated/α-hetero) is 1. The zero-order valence-corrected chi connectivity index (χ0v) is 20.1.